The number of hydrogen-bond donors (Lipinski definition) is 1. The molecule has 1 N–H and O–H groups in total. The first-order valence-corrected chi connectivity index (χ1v) is 12.5. The van der Waals surface area contributed by atoms with Gasteiger partial charge in [-0.2, -0.15) is 4.99 Å². The maximum Gasteiger partial charge on any atom is 0.407 e. The molecule has 3 rings (SSSR count). The van der Waals surface area contributed by atoms with Gasteiger partial charge < -0.3 is 15.0 Å². The minimum Gasteiger partial charge on any atom is -0.444 e. The van der Waals surface area contributed by atoms with E-state index in [-0.39, 0.29) is 35.8 Å². The number of amidine groups is 1. The fraction of sp³-hybridized carbons (Fsp3) is 0.526. The van der Waals surface area contributed by atoms with Crippen LogP contribution in [0.5, 0.6) is 0 Å². The number of ether oxygens (including phenoxy) is 1. The molecule has 2 aliphatic rings. The van der Waals surface area contributed by atoms with E-state index in [0.717, 1.165) is 5.69 Å². The highest BCUT2D eigenvalue weighted by molar-refractivity contribution is 8.16. The van der Waals surface area contributed by atoms with Gasteiger partial charge in [-0.15, -0.1) is 0 Å². The zero-order valence-corrected chi connectivity index (χ0v) is 19.3. The van der Waals surface area contributed by atoms with Crippen molar-refractivity contribution in [2.24, 2.45) is 4.99 Å². The molecule has 0 aromatic heterocycles. The third kappa shape index (κ3) is 5.89. The predicted molar refractivity (Wildman–Crippen MR) is 119 cm³/mol. The Balaban J connectivity index is 1.70. The molecule has 0 saturated carbocycles. The summed E-state index contributed by atoms with van der Waals surface area (Å²) in [6.07, 6.45) is -0.591. The highest BCUT2D eigenvalue weighted by Gasteiger charge is 2.49. The van der Waals surface area contributed by atoms with Crippen LogP contribution in [0.1, 0.15) is 27.2 Å². The molecule has 2 saturated heterocycles. The summed E-state index contributed by atoms with van der Waals surface area (Å²) in [5.41, 5.74) is 0.112. The van der Waals surface area contributed by atoms with E-state index in [1.54, 1.807) is 49.9 Å². The molecule has 2 heterocycles. The molecule has 0 unspecified atom stereocenters. The number of nitrogens with one attached hydrogen (secondary N) is 1. The molecule has 0 bridgehead atoms. The Labute approximate surface area is 185 Å². The van der Waals surface area contributed by atoms with Crippen LogP contribution < -0.4 is 10.2 Å². The number of aliphatic imine (C=N–C) groups is 1. The molecule has 164 valence electrons. The number of fused-ring (bicyclic) bond motifs is 1. The summed E-state index contributed by atoms with van der Waals surface area (Å²) in [4.78, 5) is 30.1. The molecule has 0 spiro atoms. The van der Waals surface area contributed by atoms with Gasteiger partial charge in [0.15, 0.2) is 15.0 Å². The number of hydrogen-bond acceptors (Lipinski definition) is 6. The largest absolute Gasteiger partial charge is 0.444 e. The van der Waals surface area contributed by atoms with Crippen LogP contribution in [0.25, 0.3) is 0 Å². The topological polar surface area (TPSA) is 105 Å². The fourth-order valence-corrected chi connectivity index (χ4v) is 7.27. The van der Waals surface area contributed by atoms with Gasteiger partial charge >= 0.3 is 6.09 Å². The van der Waals surface area contributed by atoms with Crippen molar-refractivity contribution < 1.29 is 22.7 Å². The van der Waals surface area contributed by atoms with Crippen molar-refractivity contribution in [2.75, 3.05) is 23.0 Å². The summed E-state index contributed by atoms with van der Waals surface area (Å²) in [5, 5.41) is 3.37. The van der Waals surface area contributed by atoms with Gasteiger partial charge in [0.1, 0.15) is 5.60 Å². The van der Waals surface area contributed by atoms with Gasteiger partial charge in [0.25, 0.3) is 0 Å². The van der Waals surface area contributed by atoms with E-state index in [9.17, 15) is 18.0 Å². The van der Waals surface area contributed by atoms with Crippen LogP contribution in [0.3, 0.4) is 0 Å². The summed E-state index contributed by atoms with van der Waals surface area (Å²) >= 11 is 7.27. The summed E-state index contributed by atoms with van der Waals surface area (Å²) in [6.45, 7) is 5.35. The number of benzene rings is 1. The summed E-state index contributed by atoms with van der Waals surface area (Å²) in [5.74, 6) is -0.337. The van der Waals surface area contributed by atoms with Crippen molar-refractivity contribution in [3.63, 3.8) is 0 Å². The van der Waals surface area contributed by atoms with Crippen LogP contribution in [0.15, 0.2) is 29.3 Å². The summed E-state index contributed by atoms with van der Waals surface area (Å²) in [6, 6.07) is 6.69. The molecule has 0 aliphatic carbocycles. The van der Waals surface area contributed by atoms with E-state index >= 15 is 0 Å². The lowest BCUT2D eigenvalue weighted by Crippen LogP contribution is -2.37. The Morgan fingerprint density at radius 3 is 2.57 bits per heavy atom. The Morgan fingerprint density at radius 1 is 1.27 bits per heavy atom. The molecule has 1 aromatic carbocycles. The minimum atomic E-state index is -3.14. The van der Waals surface area contributed by atoms with Gasteiger partial charge in [-0.25, -0.2) is 13.2 Å². The Morgan fingerprint density at radius 2 is 1.93 bits per heavy atom. The van der Waals surface area contributed by atoms with Crippen LogP contribution in [0.2, 0.25) is 5.02 Å². The van der Waals surface area contributed by atoms with Crippen molar-refractivity contribution in [1.82, 2.24) is 5.32 Å². The number of nitrogens with zero attached hydrogens (tertiary/aromatic N) is 2. The van der Waals surface area contributed by atoms with Crippen LogP contribution >= 0.6 is 23.4 Å². The van der Waals surface area contributed by atoms with Crippen molar-refractivity contribution >= 4 is 56.1 Å². The van der Waals surface area contributed by atoms with Crippen molar-refractivity contribution in [2.45, 2.75) is 44.1 Å². The van der Waals surface area contributed by atoms with E-state index in [1.165, 1.54) is 11.8 Å². The van der Waals surface area contributed by atoms with E-state index in [2.05, 4.69) is 10.3 Å². The lowest BCUT2D eigenvalue weighted by molar-refractivity contribution is -0.117. The first-order chi connectivity index (χ1) is 13.9. The quantitative estimate of drug-likeness (QED) is 0.716. The second-order valence-corrected chi connectivity index (χ2v) is 11.9. The van der Waals surface area contributed by atoms with Crippen molar-refractivity contribution in [3.8, 4) is 0 Å². The fourth-order valence-electron chi connectivity index (χ4n) is 3.22. The van der Waals surface area contributed by atoms with E-state index in [1.807, 2.05) is 0 Å². The highest BCUT2D eigenvalue weighted by atomic mass is 35.5. The number of anilines is 1. The molecule has 30 heavy (non-hydrogen) atoms. The zero-order chi connectivity index (χ0) is 22.1. The number of thioether (sulfide) groups is 1. The van der Waals surface area contributed by atoms with Crippen LogP contribution in [-0.4, -0.2) is 60.5 Å². The van der Waals surface area contributed by atoms with Gasteiger partial charge in [0, 0.05) is 28.9 Å². The average molecular weight is 474 g/mol. The molecule has 1 aromatic rings. The third-order valence-corrected chi connectivity index (χ3v) is 7.86. The van der Waals surface area contributed by atoms with Gasteiger partial charge in [-0.1, -0.05) is 23.4 Å². The van der Waals surface area contributed by atoms with E-state index < -0.39 is 27.4 Å². The summed E-state index contributed by atoms with van der Waals surface area (Å²) in [7, 11) is -3.14. The van der Waals surface area contributed by atoms with Crippen LogP contribution in [0, 0.1) is 0 Å². The second-order valence-electron chi connectivity index (χ2n) is 8.11. The lowest BCUT2D eigenvalue weighted by atomic mass is 10.2. The number of carbonyl (C=O) groups is 2. The minimum absolute atomic E-state index is 0.00535. The third-order valence-electron chi connectivity index (χ3n) is 4.40. The van der Waals surface area contributed by atoms with Gasteiger partial charge in [-0.05, 0) is 45.0 Å². The smallest absolute Gasteiger partial charge is 0.407 e. The first kappa shape index (κ1) is 22.9. The van der Waals surface area contributed by atoms with E-state index in [4.69, 9.17) is 16.3 Å². The molecule has 8 nitrogen and oxygen atoms in total. The first-order valence-electron chi connectivity index (χ1n) is 9.44. The van der Waals surface area contributed by atoms with E-state index in [0.29, 0.717) is 10.2 Å². The number of amides is 2. The number of sulfone groups is 1. The van der Waals surface area contributed by atoms with Crippen molar-refractivity contribution in [1.29, 1.82) is 0 Å². The Hall–Kier alpha value is -1.78. The average Bonchev–Trinajstić information content (AvgIpc) is 3.05. The monoisotopic (exact) mass is 473 g/mol. The maximum atomic E-state index is 12.4. The van der Waals surface area contributed by atoms with Crippen molar-refractivity contribution in [3.05, 3.63) is 29.3 Å². The zero-order valence-electron chi connectivity index (χ0n) is 16.9. The number of halogens is 1. The number of carbonyl (C=O) groups excluding carboxylic acids is 2. The molecular formula is C19H24ClN3O5S2. The number of rotatable bonds is 4. The molecule has 2 amide bonds. The van der Waals surface area contributed by atoms with Crippen LogP contribution in [0.4, 0.5) is 10.5 Å². The summed E-state index contributed by atoms with van der Waals surface area (Å²) < 4.78 is 29.3. The molecule has 0 radical (unpaired) electrons. The standard InChI is InChI=1S/C19H24ClN3O5S2/c1-19(2,3)28-18(25)21-9-8-16(24)22-17-23(13-6-4-12(20)5-7-13)14-10-30(26,27)11-15(14)29-17/h4-7,14-15H,8-11H2,1-3H3,(H,21,25)/t14-,15+/m1/s1. The Kier molecular flexibility index (Phi) is 6.69. The van der Waals surface area contributed by atoms with Crippen LogP contribution in [-0.2, 0) is 19.4 Å². The molecule has 2 aliphatic heterocycles. The molecule has 2 fully saturated rings. The SMILES string of the molecule is CC(C)(C)OC(=O)NCCC(=O)N=C1S[C@H]2CS(=O)(=O)C[C@H]2N1c1ccc(Cl)cc1. The molecular weight excluding hydrogens is 450 g/mol. The van der Waals surface area contributed by atoms with Gasteiger partial charge in [0.05, 0.1) is 17.5 Å². The normalized spacial score (nSPS) is 24.0. The lowest BCUT2D eigenvalue weighted by Gasteiger charge is -2.24. The molecule has 11 heteroatoms. The second kappa shape index (κ2) is 8.76. The van der Waals surface area contributed by atoms with Gasteiger partial charge in [-0.3, -0.25) is 4.79 Å². The van der Waals surface area contributed by atoms with Gasteiger partial charge in [0.2, 0.25) is 5.91 Å². The number of alkyl carbamates (subject to hydrolysis) is 1. The maximum absolute atomic E-state index is 12.4. The highest BCUT2D eigenvalue weighted by Crippen LogP contribution is 2.41. The Bertz CT molecular complexity index is 957. The predicted octanol–water partition coefficient (Wildman–Crippen LogP) is 2.86. The molecule has 2 atom stereocenters.